The quantitative estimate of drug-likeness (QED) is 0.485. The number of aromatic nitrogens is 3. The molecule has 0 amide bonds. The number of benzene rings is 1. The Bertz CT molecular complexity index is 754. The van der Waals surface area contributed by atoms with Crippen LogP contribution in [0.4, 0.5) is 0 Å². The summed E-state index contributed by atoms with van der Waals surface area (Å²) < 4.78 is 7.84. The summed E-state index contributed by atoms with van der Waals surface area (Å²) in [6.07, 6.45) is 10.8. The van der Waals surface area contributed by atoms with Gasteiger partial charge in [0.1, 0.15) is 6.10 Å². The minimum absolute atomic E-state index is 0.0624. The van der Waals surface area contributed by atoms with E-state index in [4.69, 9.17) is 4.74 Å². The Balaban J connectivity index is 1.64. The highest BCUT2D eigenvalue weighted by Crippen LogP contribution is 2.31. The maximum Gasteiger partial charge on any atom is 0.338 e. The van der Waals surface area contributed by atoms with E-state index in [0.717, 1.165) is 51.0 Å². The molecule has 3 rings (SSSR count). The van der Waals surface area contributed by atoms with Crippen molar-refractivity contribution in [2.45, 2.75) is 83.9 Å². The highest BCUT2D eigenvalue weighted by Gasteiger charge is 2.31. The van der Waals surface area contributed by atoms with Crippen molar-refractivity contribution >= 4 is 5.97 Å². The molecule has 1 fully saturated rings. The van der Waals surface area contributed by atoms with Crippen molar-refractivity contribution in [3.8, 4) is 0 Å². The molecule has 30 heavy (non-hydrogen) atoms. The number of carbonyl (C=O) groups excluding carboxylic acids is 1. The second-order valence-corrected chi connectivity index (χ2v) is 8.33. The third-order valence-electron chi connectivity index (χ3n) is 5.87. The van der Waals surface area contributed by atoms with E-state index < -0.39 is 0 Å². The van der Waals surface area contributed by atoms with E-state index in [-0.39, 0.29) is 18.1 Å². The molecule has 1 heterocycles. The first kappa shape index (κ1) is 22.5. The normalized spacial score (nSPS) is 19.2. The van der Waals surface area contributed by atoms with E-state index in [1.54, 1.807) is 12.1 Å². The number of rotatable bonds is 11. The molecule has 1 aliphatic rings. The molecule has 0 N–H and O–H groups in total. The lowest BCUT2D eigenvalue weighted by Gasteiger charge is -2.30. The van der Waals surface area contributed by atoms with Crippen LogP contribution in [0.3, 0.4) is 0 Å². The minimum Gasteiger partial charge on any atom is -0.456 e. The monoisotopic (exact) mass is 412 g/mol. The molecular weight excluding hydrogens is 376 g/mol. The molecule has 2 aromatic rings. The zero-order chi connectivity index (χ0) is 21.2. The van der Waals surface area contributed by atoms with Gasteiger partial charge in [0.15, 0.2) is 0 Å². The zero-order valence-corrected chi connectivity index (χ0v) is 18.5. The van der Waals surface area contributed by atoms with Crippen molar-refractivity contribution < 1.29 is 9.53 Å². The molecule has 1 aromatic carbocycles. The van der Waals surface area contributed by atoms with Gasteiger partial charge in [-0.15, -0.1) is 5.10 Å². The smallest absolute Gasteiger partial charge is 0.338 e. The zero-order valence-electron chi connectivity index (χ0n) is 18.5. The second kappa shape index (κ2) is 11.8. The molecular formula is C24H36N4O2. The predicted molar refractivity (Wildman–Crippen MR) is 118 cm³/mol. The van der Waals surface area contributed by atoms with Gasteiger partial charge in [0.25, 0.3) is 0 Å². The second-order valence-electron chi connectivity index (χ2n) is 8.33. The van der Waals surface area contributed by atoms with E-state index in [9.17, 15) is 4.79 Å². The van der Waals surface area contributed by atoms with E-state index in [2.05, 4.69) is 35.3 Å². The first-order valence-electron chi connectivity index (χ1n) is 11.6. The van der Waals surface area contributed by atoms with Crippen LogP contribution in [-0.4, -0.2) is 45.1 Å². The van der Waals surface area contributed by atoms with Gasteiger partial charge >= 0.3 is 5.97 Å². The van der Waals surface area contributed by atoms with E-state index >= 15 is 0 Å². The maximum atomic E-state index is 12.6. The van der Waals surface area contributed by atoms with Gasteiger partial charge in [-0.1, -0.05) is 56.5 Å². The Morgan fingerprint density at radius 1 is 1.10 bits per heavy atom. The van der Waals surface area contributed by atoms with Gasteiger partial charge in [-0.3, -0.25) is 4.90 Å². The molecule has 2 atom stereocenters. The van der Waals surface area contributed by atoms with Crippen molar-refractivity contribution in [2.24, 2.45) is 0 Å². The molecule has 6 heteroatoms. The van der Waals surface area contributed by atoms with Crippen LogP contribution < -0.4 is 0 Å². The molecule has 1 aliphatic carbocycles. The summed E-state index contributed by atoms with van der Waals surface area (Å²) in [6.45, 7) is 7.50. The number of ether oxygens (including phenoxy) is 1. The molecule has 6 nitrogen and oxygen atoms in total. The van der Waals surface area contributed by atoms with Gasteiger partial charge in [-0.2, -0.15) is 0 Å². The van der Waals surface area contributed by atoms with Crippen LogP contribution in [0.15, 0.2) is 36.5 Å². The third kappa shape index (κ3) is 6.39. The van der Waals surface area contributed by atoms with Crippen molar-refractivity contribution in [1.82, 2.24) is 19.9 Å². The fourth-order valence-corrected chi connectivity index (χ4v) is 4.11. The van der Waals surface area contributed by atoms with Gasteiger partial charge in [0, 0.05) is 6.54 Å². The van der Waals surface area contributed by atoms with Crippen LogP contribution in [0.1, 0.15) is 87.3 Å². The van der Waals surface area contributed by atoms with Crippen LogP contribution >= 0.6 is 0 Å². The SMILES string of the molecule is CCCCN(CCCC)Cc1cn([C@@H]2CCCC[C@H]2OC(=O)c2ccccc2)nn1. The molecule has 1 saturated carbocycles. The molecule has 0 saturated heterocycles. The van der Waals surface area contributed by atoms with Crippen molar-refractivity contribution in [1.29, 1.82) is 0 Å². The summed E-state index contributed by atoms with van der Waals surface area (Å²) >= 11 is 0. The highest BCUT2D eigenvalue weighted by molar-refractivity contribution is 5.89. The predicted octanol–water partition coefficient (Wildman–Crippen LogP) is 5.02. The Morgan fingerprint density at radius 2 is 1.80 bits per heavy atom. The lowest BCUT2D eigenvalue weighted by molar-refractivity contribution is 0.00176. The largest absolute Gasteiger partial charge is 0.456 e. The van der Waals surface area contributed by atoms with E-state index in [1.165, 1.54) is 25.7 Å². The molecule has 0 unspecified atom stereocenters. The summed E-state index contributed by atoms with van der Waals surface area (Å²) in [5, 5.41) is 8.88. The summed E-state index contributed by atoms with van der Waals surface area (Å²) in [6, 6.07) is 9.29. The number of hydrogen-bond acceptors (Lipinski definition) is 5. The first-order chi connectivity index (χ1) is 14.7. The van der Waals surface area contributed by atoms with Crippen LogP contribution in [0.2, 0.25) is 0 Å². The first-order valence-corrected chi connectivity index (χ1v) is 11.6. The lowest BCUT2D eigenvalue weighted by atomic mass is 9.92. The van der Waals surface area contributed by atoms with Gasteiger partial charge in [-0.05, 0) is 57.3 Å². The number of unbranched alkanes of at least 4 members (excludes halogenated alkanes) is 2. The summed E-state index contributed by atoms with van der Waals surface area (Å²) in [7, 11) is 0. The minimum atomic E-state index is -0.252. The highest BCUT2D eigenvalue weighted by atomic mass is 16.5. The Hall–Kier alpha value is -2.21. The summed E-state index contributed by atoms with van der Waals surface area (Å²) in [5.41, 5.74) is 1.60. The standard InChI is InChI=1S/C24H36N4O2/c1-3-5-16-27(17-6-4-2)18-21-19-28(26-25-21)22-14-10-11-15-23(22)30-24(29)20-12-8-7-9-13-20/h7-9,12-13,19,22-23H,3-6,10-11,14-18H2,1-2H3/t22-,23-/m1/s1. The van der Waals surface area contributed by atoms with Crippen molar-refractivity contribution in [3.05, 3.63) is 47.8 Å². The summed E-state index contributed by atoms with van der Waals surface area (Å²) in [4.78, 5) is 15.0. The fraction of sp³-hybridized carbons (Fsp3) is 0.625. The molecule has 0 spiro atoms. The van der Waals surface area contributed by atoms with Crippen LogP contribution in [0.5, 0.6) is 0 Å². The topological polar surface area (TPSA) is 60.2 Å². The molecule has 1 aromatic heterocycles. The van der Waals surface area contributed by atoms with Crippen LogP contribution in [0.25, 0.3) is 0 Å². The molecule has 164 valence electrons. The number of carbonyl (C=O) groups is 1. The number of esters is 1. The Kier molecular flexibility index (Phi) is 8.87. The van der Waals surface area contributed by atoms with Gasteiger partial charge < -0.3 is 4.74 Å². The molecule has 0 bridgehead atoms. The number of hydrogen-bond donors (Lipinski definition) is 0. The Labute approximate surface area is 180 Å². The van der Waals surface area contributed by atoms with E-state index in [0.29, 0.717) is 5.56 Å². The maximum absolute atomic E-state index is 12.6. The Morgan fingerprint density at radius 3 is 2.50 bits per heavy atom. The molecule has 0 aliphatic heterocycles. The van der Waals surface area contributed by atoms with E-state index in [1.807, 2.05) is 22.9 Å². The van der Waals surface area contributed by atoms with Crippen molar-refractivity contribution in [3.63, 3.8) is 0 Å². The van der Waals surface area contributed by atoms with Gasteiger partial charge in [0.2, 0.25) is 0 Å². The fourth-order valence-electron chi connectivity index (χ4n) is 4.11. The van der Waals surface area contributed by atoms with Gasteiger partial charge in [-0.25, -0.2) is 9.48 Å². The van der Waals surface area contributed by atoms with Crippen LogP contribution in [-0.2, 0) is 11.3 Å². The average Bonchev–Trinajstić information content (AvgIpc) is 3.25. The van der Waals surface area contributed by atoms with Gasteiger partial charge in [0.05, 0.1) is 23.5 Å². The van der Waals surface area contributed by atoms with Crippen LogP contribution in [0, 0.1) is 0 Å². The molecule has 0 radical (unpaired) electrons. The van der Waals surface area contributed by atoms with Crippen molar-refractivity contribution in [2.75, 3.05) is 13.1 Å². The average molecular weight is 413 g/mol. The third-order valence-corrected chi connectivity index (χ3v) is 5.87. The number of nitrogens with zero attached hydrogens (tertiary/aromatic N) is 4. The lowest BCUT2D eigenvalue weighted by Crippen LogP contribution is -2.32. The summed E-state index contributed by atoms with van der Waals surface area (Å²) in [5.74, 6) is -0.252.